The van der Waals surface area contributed by atoms with Crippen molar-refractivity contribution in [2.24, 2.45) is 0 Å². The van der Waals surface area contributed by atoms with Gasteiger partial charge in [-0.15, -0.1) is 0 Å². The lowest BCUT2D eigenvalue weighted by atomic mass is 9.80. The molecule has 0 bridgehead atoms. The van der Waals surface area contributed by atoms with Crippen molar-refractivity contribution in [2.75, 3.05) is 7.11 Å². The minimum absolute atomic E-state index is 0.404. The van der Waals surface area contributed by atoms with Gasteiger partial charge in [0.05, 0.1) is 12.7 Å². The zero-order valence-electron chi connectivity index (χ0n) is 11.9. The number of esters is 1. The van der Waals surface area contributed by atoms with Gasteiger partial charge >= 0.3 is 5.97 Å². The largest absolute Gasteiger partial charge is 0.465 e. The van der Waals surface area contributed by atoms with E-state index >= 15 is 0 Å². The van der Waals surface area contributed by atoms with Crippen LogP contribution in [-0.4, -0.2) is 18.1 Å². The van der Waals surface area contributed by atoms with Gasteiger partial charge in [0.2, 0.25) is 5.88 Å². The second-order valence-corrected chi connectivity index (χ2v) is 5.18. The van der Waals surface area contributed by atoms with E-state index in [0.717, 1.165) is 11.7 Å². The maximum absolute atomic E-state index is 11.3. The summed E-state index contributed by atoms with van der Waals surface area (Å²) in [6.45, 7) is 0. The molecule has 0 N–H and O–H groups in total. The Morgan fingerprint density at radius 2 is 1.90 bits per heavy atom. The van der Waals surface area contributed by atoms with E-state index in [-0.39, 0.29) is 0 Å². The van der Waals surface area contributed by atoms with E-state index in [4.69, 9.17) is 4.74 Å². The third-order valence-corrected chi connectivity index (χ3v) is 3.84. The summed E-state index contributed by atoms with van der Waals surface area (Å²) < 4.78 is 10.3. The topological polar surface area (TPSA) is 48.4 Å². The van der Waals surface area contributed by atoms with Crippen LogP contribution in [0, 0.1) is 0 Å². The van der Waals surface area contributed by atoms with Crippen LogP contribution in [0.4, 0.5) is 0 Å². The van der Waals surface area contributed by atoms with Gasteiger partial charge < -0.3 is 9.47 Å². The number of ether oxygens (including phenoxy) is 2. The molecule has 0 amide bonds. The summed E-state index contributed by atoms with van der Waals surface area (Å²) in [5, 5.41) is 0. The highest BCUT2D eigenvalue weighted by Crippen LogP contribution is 2.37. The Bertz CT molecular complexity index is 615. The van der Waals surface area contributed by atoms with Crippen LogP contribution in [0.3, 0.4) is 0 Å². The lowest BCUT2D eigenvalue weighted by molar-refractivity contribution is 0.0600. The Kier molecular flexibility index (Phi) is 3.86. The van der Waals surface area contributed by atoms with Crippen LogP contribution in [0.25, 0.3) is 0 Å². The van der Waals surface area contributed by atoms with Crippen LogP contribution in [0.15, 0.2) is 42.6 Å². The summed E-state index contributed by atoms with van der Waals surface area (Å²) in [6, 6.07) is 11.4. The Hall–Kier alpha value is -2.36. The third-order valence-electron chi connectivity index (χ3n) is 3.84. The van der Waals surface area contributed by atoms with Crippen molar-refractivity contribution in [1.82, 2.24) is 4.98 Å². The molecule has 1 aromatic heterocycles. The van der Waals surface area contributed by atoms with E-state index in [9.17, 15) is 4.79 Å². The summed E-state index contributed by atoms with van der Waals surface area (Å²) in [5.74, 6) is 1.52. The standard InChI is InChI=1S/C17H17NO3/c1-20-17(19)14-7-10-16(18-11-14)21-15-8-5-13(6-9-15)12-3-2-4-12/h5-12H,2-4H2,1H3. The van der Waals surface area contributed by atoms with Crippen LogP contribution in [0.5, 0.6) is 11.6 Å². The van der Waals surface area contributed by atoms with Gasteiger partial charge in [-0.25, -0.2) is 9.78 Å². The molecule has 1 fully saturated rings. The van der Waals surface area contributed by atoms with Gasteiger partial charge in [0.15, 0.2) is 0 Å². The zero-order chi connectivity index (χ0) is 14.7. The summed E-state index contributed by atoms with van der Waals surface area (Å²) in [6.07, 6.45) is 5.36. The molecular formula is C17H17NO3. The van der Waals surface area contributed by atoms with E-state index in [1.54, 1.807) is 12.1 Å². The molecule has 108 valence electrons. The molecule has 1 heterocycles. The molecule has 1 saturated carbocycles. The normalized spacial score (nSPS) is 14.3. The Balaban J connectivity index is 1.66. The summed E-state index contributed by atoms with van der Waals surface area (Å²) >= 11 is 0. The molecule has 1 aliphatic rings. The molecular weight excluding hydrogens is 266 g/mol. The van der Waals surface area contributed by atoms with Gasteiger partial charge in [-0.2, -0.15) is 0 Å². The molecule has 3 rings (SSSR count). The van der Waals surface area contributed by atoms with Crippen LogP contribution < -0.4 is 4.74 Å². The van der Waals surface area contributed by atoms with Crippen molar-refractivity contribution in [3.8, 4) is 11.6 Å². The highest BCUT2D eigenvalue weighted by atomic mass is 16.5. The van der Waals surface area contributed by atoms with Gasteiger partial charge in [0.1, 0.15) is 5.75 Å². The number of aromatic nitrogens is 1. The monoisotopic (exact) mass is 283 g/mol. The molecule has 1 aliphatic carbocycles. The minimum Gasteiger partial charge on any atom is -0.465 e. The van der Waals surface area contributed by atoms with Gasteiger partial charge in [-0.3, -0.25) is 0 Å². The third kappa shape index (κ3) is 3.05. The van der Waals surface area contributed by atoms with Crippen LogP contribution in [-0.2, 0) is 4.74 Å². The van der Waals surface area contributed by atoms with E-state index in [0.29, 0.717) is 11.4 Å². The first-order valence-electron chi connectivity index (χ1n) is 7.08. The first kappa shape index (κ1) is 13.6. The van der Waals surface area contributed by atoms with Crippen molar-refractivity contribution in [2.45, 2.75) is 25.2 Å². The maximum atomic E-state index is 11.3. The molecule has 0 atom stereocenters. The molecule has 0 aliphatic heterocycles. The molecule has 0 saturated heterocycles. The van der Waals surface area contributed by atoms with Gasteiger partial charge in [-0.1, -0.05) is 18.6 Å². The number of methoxy groups -OCH3 is 1. The van der Waals surface area contributed by atoms with Crippen LogP contribution in [0.2, 0.25) is 0 Å². The average molecular weight is 283 g/mol. The Labute approximate surface area is 123 Å². The van der Waals surface area contributed by atoms with Gasteiger partial charge in [0, 0.05) is 12.3 Å². The quantitative estimate of drug-likeness (QED) is 0.798. The first-order valence-corrected chi connectivity index (χ1v) is 7.08. The number of carbonyl (C=O) groups excluding carboxylic acids is 1. The molecule has 4 heteroatoms. The molecule has 0 unspecified atom stereocenters. The first-order chi connectivity index (χ1) is 10.3. The molecule has 0 radical (unpaired) electrons. The predicted octanol–water partition coefficient (Wildman–Crippen LogP) is 3.93. The molecule has 2 aromatic rings. The molecule has 4 nitrogen and oxygen atoms in total. The smallest absolute Gasteiger partial charge is 0.339 e. The average Bonchev–Trinajstić information content (AvgIpc) is 2.47. The highest BCUT2D eigenvalue weighted by Gasteiger charge is 2.19. The lowest BCUT2D eigenvalue weighted by Crippen LogP contribution is -2.08. The Morgan fingerprint density at radius 3 is 2.43 bits per heavy atom. The van der Waals surface area contributed by atoms with Crippen LogP contribution in [0.1, 0.15) is 41.1 Å². The molecule has 1 aromatic carbocycles. The number of hydrogen-bond donors (Lipinski definition) is 0. The fraction of sp³-hybridized carbons (Fsp3) is 0.294. The number of hydrogen-bond acceptors (Lipinski definition) is 4. The number of pyridine rings is 1. The van der Waals surface area contributed by atoms with Crippen molar-refractivity contribution in [3.05, 3.63) is 53.7 Å². The summed E-state index contributed by atoms with van der Waals surface area (Å²) in [7, 11) is 1.34. The molecule has 21 heavy (non-hydrogen) atoms. The van der Waals surface area contributed by atoms with E-state index in [1.807, 2.05) is 12.1 Å². The Morgan fingerprint density at radius 1 is 1.14 bits per heavy atom. The number of nitrogens with zero attached hydrogens (tertiary/aromatic N) is 1. The zero-order valence-corrected chi connectivity index (χ0v) is 11.9. The molecule has 0 spiro atoms. The number of rotatable bonds is 4. The second kappa shape index (κ2) is 5.95. The van der Waals surface area contributed by atoms with E-state index in [2.05, 4.69) is 21.9 Å². The van der Waals surface area contributed by atoms with Crippen LogP contribution >= 0.6 is 0 Å². The lowest BCUT2D eigenvalue weighted by Gasteiger charge is -2.25. The maximum Gasteiger partial charge on any atom is 0.339 e. The van der Waals surface area contributed by atoms with Gasteiger partial charge in [-0.05, 0) is 42.5 Å². The minimum atomic E-state index is -0.404. The van der Waals surface area contributed by atoms with Crippen molar-refractivity contribution in [3.63, 3.8) is 0 Å². The predicted molar refractivity (Wildman–Crippen MR) is 78.7 cm³/mol. The van der Waals surface area contributed by atoms with Gasteiger partial charge in [0.25, 0.3) is 0 Å². The fourth-order valence-corrected chi connectivity index (χ4v) is 2.35. The van der Waals surface area contributed by atoms with Crippen molar-refractivity contribution < 1.29 is 14.3 Å². The van der Waals surface area contributed by atoms with E-state index in [1.165, 1.54) is 38.1 Å². The second-order valence-electron chi connectivity index (χ2n) is 5.18. The fourth-order valence-electron chi connectivity index (χ4n) is 2.35. The summed E-state index contributed by atoms with van der Waals surface area (Å²) in [4.78, 5) is 15.4. The van der Waals surface area contributed by atoms with Crippen molar-refractivity contribution in [1.29, 1.82) is 0 Å². The number of carbonyl (C=O) groups is 1. The van der Waals surface area contributed by atoms with Crippen molar-refractivity contribution >= 4 is 5.97 Å². The highest BCUT2D eigenvalue weighted by molar-refractivity contribution is 5.88. The number of benzene rings is 1. The van der Waals surface area contributed by atoms with E-state index < -0.39 is 5.97 Å². The SMILES string of the molecule is COC(=O)c1ccc(Oc2ccc(C3CCC3)cc2)nc1. The summed E-state index contributed by atoms with van der Waals surface area (Å²) in [5.41, 5.74) is 1.78.